The van der Waals surface area contributed by atoms with Crippen molar-refractivity contribution in [3.8, 4) is 5.75 Å². The first-order valence-electron chi connectivity index (χ1n) is 16.5. The van der Waals surface area contributed by atoms with Crippen LogP contribution in [0.5, 0.6) is 5.75 Å². The van der Waals surface area contributed by atoms with Gasteiger partial charge >= 0.3 is 6.09 Å². The fourth-order valence-corrected chi connectivity index (χ4v) is 5.92. The number of nitrogens with zero attached hydrogens (tertiary/aromatic N) is 3. The maximum Gasteiger partial charge on any atom is 0.410 e. The zero-order chi connectivity index (χ0) is 36.8. The lowest BCUT2D eigenvalue weighted by Gasteiger charge is -2.49. The number of carbonyl (C=O) groups is 6. The molecule has 0 radical (unpaired) electrons. The number of rotatable bonds is 14. The van der Waals surface area contributed by atoms with Crippen LogP contribution < -0.4 is 20.7 Å². The van der Waals surface area contributed by atoms with Gasteiger partial charge in [-0.25, -0.2) is 4.79 Å². The molecule has 4 N–H and O–H groups in total. The molecule has 17 heteroatoms. The largest absolute Gasteiger partial charge is 0.483 e. The number of aliphatic hydroxyl groups is 1. The number of pyridine rings is 1. The van der Waals surface area contributed by atoms with E-state index in [1.807, 2.05) is 0 Å². The lowest BCUT2D eigenvalue weighted by molar-refractivity contribution is -0.139. The molecule has 2 saturated heterocycles. The highest BCUT2D eigenvalue weighted by Crippen LogP contribution is 2.39. The fraction of sp³-hybridized carbons (Fsp3) is 0.500. The molecule has 4 heterocycles. The molecule has 6 amide bonds. The molecule has 17 nitrogen and oxygen atoms in total. The van der Waals surface area contributed by atoms with Gasteiger partial charge < -0.3 is 39.6 Å². The summed E-state index contributed by atoms with van der Waals surface area (Å²) in [5.41, 5.74) is -0.628. The number of aromatic nitrogens is 1. The lowest BCUT2D eigenvalue weighted by atomic mass is 9.86. The van der Waals surface area contributed by atoms with Gasteiger partial charge in [0.15, 0.2) is 12.8 Å². The quantitative estimate of drug-likeness (QED) is 0.152. The SMILES string of the molecule is CC(C)(C)OC(=O)N1CC(NC(=O)COCCOCCNC(=O)COc2cccc3c2C(=O)N(C2CCC(=O)NC2=O)C3O)(c2ccccn2)C1. The van der Waals surface area contributed by atoms with Gasteiger partial charge in [-0.1, -0.05) is 18.2 Å². The summed E-state index contributed by atoms with van der Waals surface area (Å²) in [4.78, 5) is 81.6. The number of ether oxygens (including phenoxy) is 4. The van der Waals surface area contributed by atoms with Gasteiger partial charge in [-0.3, -0.25) is 39.2 Å². The van der Waals surface area contributed by atoms with Gasteiger partial charge in [0.1, 0.15) is 29.5 Å². The third kappa shape index (κ3) is 8.97. The van der Waals surface area contributed by atoms with Crippen LogP contribution in [-0.2, 0) is 38.9 Å². The summed E-state index contributed by atoms with van der Waals surface area (Å²) < 4.78 is 22.0. The Morgan fingerprint density at radius 3 is 2.47 bits per heavy atom. The highest BCUT2D eigenvalue weighted by atomic mass is 16.6. The van der Waals surface area contributed by atoms with Gasteiger partial charge in [0.2, 0.25) is 17.7 Å². The van der Waals surface area contributed by atoms with Gasteiger partial charge in [0, 0.05) is 24.7 Å². The van der Waals surface area contributed by atoms with E-state index in [9.17, 15) is 33.9 Å². The van der Waals surface area contributed by atoms with Crippen molar-refractivity contribution in [3.05, 3.63) is 59.4 Å². The molecular formula is C34H42N6O11. The molecular weight excluding hydrogens is 668 g/mol. The van der Waals surface area contributed by atoms with Crippen molar-refractivity contribution in [2.24, 2.45) is 0 Å². The van der Waals surface area contributed by atoms with Crippen molar-refractivity contribution in [3.63, 3.8) is 0 Å². The number of aliphatic hydroxyl groups excluding tert-OH is 1. The van der Waals surface area contributed by atoms with Crippen LogP contribution in [0.25, 0.3) is 0 Å². The molecule has 2 atom stereocenters. The smallest absolute Gasteiger partial charge is 0.410 e. The number of piperidine rings is 1. The van der Waals surface area contributed by atoms with Crippen LogP contribution in [0, 0.1) is 0 Å². The van der Waals surface area contributed by atoms with Crippen LogP contribution in [0.15, 0.2) is 42.6 Å². The molecule has 1 aromatic heterocycles. The first-order valence-corrected chi connectivity index (χ1v) is 16.5. The van der Waals surface area contributed by atoms with Gasteiger partial charge in [-0.15, -0.1) is 0 Å². The van der Waals surface area contributed by atoms with E-state index in [1.165, 1.54) is 17.0 Å². The maximum absolute atomic E-state index is 13.2. The zero-order valence-corrected chi connectivity index (χ0v) is 28.6. The molecule has 274 valence electrons. The average Bonchev–Trinajstić information content (AvgIpc) is 3.31. The van der Waals surface area contributed by atoms with Gasteiger partial charge in [0.05, 0.1) is 44.2 Å². The summed E-state index contributed by atoms with van der Waals surface area (Å²) in [6.45, 7) is 5.63. The van der Waals surface area contributed by atoms with E-state index in [0.29, 0.717) is 5.69 Å². The number of imide groups is 1. The van der Waals surface area contributed by atoms with Crippen LogP contribution in [0.4, 0.5) is 4.79 Å². The van der Waals surface area contributed by atoms with E-state index < -0.39 is 59.7 Å². The molecule has 3 aliphatic heterocycles. The second-order valence-corrected chi connectivity index (χ2v) is 13.3. The minimum absolute atomic E-state index is 0.0352. The van der Waals surface area contributed by atoms with Crippen LogP contribution in [0.3, 0.4) is 0 Å². The normalized spacial score (nSPS) is 19.5. The average molecular weight is 711 g/mol. The van der Waals surface area contributed by atoms with Crippen molar-refractivity contribution in [2.45, 2.75) is 57.0 Å². The number of likely N-dealkylation sites (tertiary alicyclic amines) is 1. The summed E-state index contributed by atoms with van der Waals surface area (Å²) in [5.74, 6) is -2.56. The predicted octanol–water partition coefficient (Wildman–Crippen LogP) is 0.124. The summed E-state index contributed by atoms with van der Waals surface area (Å²) in [6, 6.07) is 8.90. The zero-order valence-electron chi connectivity index (χ0n) is 28.6. The predicted molar refractivity (Wildman–Crippen MR) is 176 cm³/mol. The molecule has 0 bridgehead atoms. The Morgan fingerprint density at radius 2 is 1.76 bits per heavy atom. The number of fused-ring (bicyclic) bond motifs is 1. The maximum atomic E-state index is 13.2. The van der Waals surface area contributed by atoms with Crippen LogP contribution in [0.1, 0.15) is 61.5 Å². The van der Waals surface area contributed by atoms with Gasteiger partial charge in [-0.2, -0.15) is 0 Å². The number of amides is 6. The Hall–Kier alpha value is -5.13. The highest BCUT2D eigenvalue weighted by molar-refractivity contribution is 6.07. The number of carbonyl (C=O) groups excluding carboxylic acids is 6. The van der Waals surface area contributed by atoms with Crippen molar-refractivity contribution in [2.75, 3.05) is 52.7 Å². The Kier molecular flexibility index (Phi) is 11.5. The summed E-state index contributed by atoms with van der Waals surface area (Å²) in [6.07, 6.45) is -0.155. The number of hydrogen-bond acceptors (Lipinski definition) is 12. The van der Waals surface area contributed by atoms with E-state index in [1.54, 1.807) is 51.2 Å². The molecule has 0 aliphatic carbocycles. The number of benzene rings is 1. The number of hydrogen-bond donors (Lipinski definition) is 4. The molecule has 2 fully saturated rings. The first-order chi connectivity index (χ1) is 24.3. The first kappa shape index (κ1) is 37.1. The van der Waals surface area contributed by atoms with Crippen LogP contribution in [0.2, 0.25) is 0 Å². The molecule has 0 saturated carbocycles. The van der Waals surface area contributed by atoms with Crippen molar-refractivity contribution in [1.82, 2.24) is 30.7 Å². The van der Waals surface area contributed by atoms with Gasteiger partial charge in [-0.05, 0) is 45.4 Å². The third-order valence-corrected chi connectivity index (χ3v) is 8.23. The Bertz CT molecular complexity index is 1640. The number of nitrogens with one attached hydrogen (secondary N) is 3. The van der Waals surface area contributed by atoms with E-state index in [-0.39, 0.29) is 81.7 Å². The van der Waals surface area contributed by atoms with E-state index in [4.69, 9.17) is 18.9 Å². The van der Waals surface area contributed by atoms with E-state index in [2.05, 4.69) is 20.9 Å². The van der Waals surface area contributed by atoms with Crippen LogP contribution >= 0.6 is 0 Å². The standard InChI is InChI=1S/C34H42N6O11/c1-33(2,3)51-32(47)39-19-34(20-39,24-9-4-5-12-35-24)38-27(43)17-49-16-15-48-14-13-36-26(42)18-50-23-8-6-7-21-28(23)31(46)40(30(21)45)22-10-11-25(41)37-29(22)44/h4-9,12,22,30,45H,10-11,13-20H2,1-3H3,(H,36,42)(H,38,43)(H,37,41,44). The molecule has 5 rings (SSSR count). The topological polar surface area (TPSA) is 215 Å². The van der Waals surface area contributed by atoms with Crippen molar-refractivity contribution in [1.29, 1.82) is 0 Å². The van der Waals surface area contributed by atoms with Gasteiger partial charge in [0.25, 0.3) is 11.8 Å². The molecule has 2 aromatic rings. The Balaban J connectivity index is 0.980. The fourth-order valence-electron chi connectivity index (χ4n) is 5.92. The second kappa shape index (κ2) is 15.8. The summed E-state index contributed by atoms with van der Waals surface area (Å²) >= 11 is 0. The third-order valence-electron chi connectivity index (χ3n) is 8.23. The summed E-state index contributed by atoms with van der Waals surface area (Å²) in [7, 11) is 0. The summed E-state index contributed by atoms with van der Waals surface area (Å²) in [5, 5.41) is 18.6. The minimum Gasteiger partial charge on any atom is -0.483 e. The highest BCUT2D eigenvalue weighted by Gasteiger charge is 2.50. The van der Waals surface area contributed by atoms with Crippen molar-refractivity contribution >= 4 is 35.6 Å². The molecule has 1 aromatic carbocycles. The molecule has 0 spiro atoms. The van der Waals surface area contributed by atoms with Crippen molar-refractivity contribution < 1.29 is 52.8 Å². The van der Waals surface area contributed by atoms with E-state index in [0.717, 1.165) is 4.90 Å². The second-order valence-electron chi connectivity index (χ2n) is 13.3. The minimum atomic E-state index is -1.41. The van der Waals surface area contributed by atoms with Crippen LogP contribution in [-0.4, -0.2) is 120 Å². The monoisotopic (exact) mass is 710 g/mol. The lowest BCUT2D eigenvalue weighted by Crippen LogP contribution is -2.69. The molecule has 3 aliphatic rings. The molecule has 2 unspecified atom stereocenters. The Morgan fingerprint density at radius 1 is 1.00 bits per heavy atom. The Labute approximate surface area is 293 Å². The molecule has 51 heavy (non-hydrogen) atoms. The van der Waals surface area contributed by atoms with E-state index >= 15 is 0 Å².